The molecule has 0 rings (SSSR count). The first-order valence-electron chi connectivity index (χ1n) is 4.44. The van der Waals surface area contributed by atoms with E-state index in [0.717, 1.165) is 0 Å². The van der Waals surface area contributed by atoms with Gasteiger partial charge in [0.15, 0.2) is 0 Å². The van der Waals surface area contributed by atoms with E-state index < -0.39 is 22.9 Å². The molecule has 0 aliphatic carbocycles. The largest absolute Gasteiger partial charge is 0.409 e. The molecular weight excluding hydrogens is 265 g/mol. The van der Waals surface area contributed by atoms with Crippen molar-refractivity contribution in [1.82, 2.24) is 9.44 Å². The molecule has 0 aromatic rings. The van der Waals surface area contributed by atoms with Crippen molar-refractivity contribution in [3.8, 4) is 0 Å². The average Bonchev–Trinajstić information content (AvgIpc) is 2.20. The molecule has 7 nitrogen and oxygen atoms in total. The van der Waals surface area contributed by atoms with Crippen LogP contribution >= 0.6 is 0 Å². The highest BCUT2D eigenvalue weighted by molar-refractivity contribution is 7.87. The summed E-state index contributed by atoms with van der Waals surface area (Å²) in [5.41, 5.74) is 5.10. The second-order valence-corrected chi connectivity index (χ2v) is 4.61. The Hall–Kier alpha value is -1.07. The van der Waals surface area contributed by atoms with Gasteiger partial charge in [0.05, 0.1) is 0 Å². The van der Waals surface area contributed by atoms with Crippen molar-refractivity contribution >= 4 is 16.0 Å². The molecule has 5 N–H and O–H groups in total. The van der Waals surface area contributed by atoms with Crippen LogP contribution in [0.15, 0.2) is 5.16 Å². The van der Waals surface area contributed by atoms with Gasteiger partial charge in [0.25, 0.3) is 10.2 Å². The van der Waals surface area contributed by atoms with E-state index in [1.54, 1.807) is 0 Å². The summed E-state index contributed by atoms with van der Waals surface area (Å²) in [5.74, 6) is -0.0903. The van der Waals surface area contributed by atoms with Crippen LogP contribution < -0.4 is 15.2 Å². The molecule has 17 heavy (non-hydrogen) atoms. The van der Waals surface area contributed by atoms with E-state index >= 15 is 0 Å². The van der Waals surface area contributed by atoms with Crippen molar-refractivity contribution < 1.29 is 26.8 Å². The van der Waals surface area contributed by atoms with Gasteiger partial charge in [-0.3, -0.25) is 0 Å². The minimum absolute atomic E-state index is 0.0903. The summed E-state index contributed by atoms with van der Waals surface area (Å²) in [5, 5.41) is 10.8. The second-order valence-electron chi connectivity index (χ2n) is 3.03. The van der Waals surface area contributed by atoms with Crippen molar-refractivity contribution in [1.29, 1.82) is 0 Å². The predicted molar refractivity (Wildman–Crippen MR) is 53.6 cm³/mol. The van der Waals surface area contributed by atoms with Crippen LogP contribution in [0.2, 0.25) is 0 Å². The number of nitrogens with zero attached hydrogens (tertiary/aromatic N) is 1. The Morgan fingerprint density at radius 1 is 1.35 bits per heavy atom. The Bertz CT molecular complexity index is 354. The molecular formula is C6H13F3N4O3S. The van der Waals surface area contributed by atoms with Crippen LogP contribution in [-0.2, 0) is 10.2 Å². The zero-order chi connectivity index (χ0) is 13.5. The lowest BCUT2D eigenvalue weighted by Gasteiger charge is -2.09. The maximum atomic E-state index is 11.7. The Balaban J connectivity index is 3.87. The second kappa shape index (κ2) is 6.61. The number of amidine groups is 1. The van der Waals surface area contributed by atoms with Crippen molar-refractivity contribution in [3.05, 3.63) is 0 Å². The van der Waals surface area contributed by atoms with Crippen molar-refractivity contribution in [3.63, 3.8) is 0 Å². The molecule has 0 saturated heterocycles. The monoisotopic (exact) mass is 278 g/mol. The molecule has 0 unspecified atom stereocenters. The molecule has 0 aliphatic heterocycles. The third-order valence-corrected chi connectivity index (χ3v) is 2.60. The standard InChI is InChI=1S/C6H13F3N4O3S/c7-6(8,9)4-12-17(15,16)11-3-1-2-5(10)13-14/h11-12,14H,1-4H2,(H2,10,13). The first-order valence-corrected chi connectivity index (χ1v) is 5.92. The lowest BCUT2D eigenvalue weighted by atomic mass is 10.3. The molecule has 0 saturated carbocycles. The van der Waals surface area contributed by atoms with Gasteiger partial charge in [-0.15, -0.1) is 0 Å². The highest BCUT2D eigenvalue weighted by Crippen LogP contribution is 2.12. The molecule has 0 aromatic carbocycles. The molecule has 102 valence electrons. The smallest absolute Gasteiger partial charge is 0.402 e. The summed E-state index contributed by atoms with van der Waals surface area (Å²) in [7, 11) is -4.18. The lowest BCUT2D eigenvalue weighted by Crippen LogP contribution is -2.41. The molecule has 0 atom stereocenters. The number of nitrogens with one attached hydrogen (secondary N) is 2. The van der Waals surface area contributed by atoms with Crippen molar-refractivity contribution in [2.24, 2.45) is 10.9 Å². The Labute approximate surface area is 96.0 Å². The fourth-order valence-electron chi connectivity index (χ4n) is 0.754. The Morgan fingerprint density at radius 3 is 2.41 bits per heavy atom. The van der Waals surface area contributed by atoms with Gasteiger partial charge in [-0.25, -0.2) is 4.72 Å². The van der Waals surface area contributed by atoms with E-state index in [-0.39, 0.29) is 25.2 Å². The van der Waals surface area contributed by atoms with Gasteiger partial charge in [0.2, 0.25) is 0 Å². The third kappa shape index (κ3) is 9.84. The molecule has 0 bridgehead atoms. The first kappa shape index (κ1) is 15.9. The quantitative estimate of drug-likeness (QED) is 0.165. The zero-order valence-corrected chi connectivity index (χ0v) is 9.48. The van der Waals surface area contributed by atoms with Gasteiger partial charge in [0.1, 0.15) is 12.4 Å². The Kier molecular flexibility index (Phi) is 6.20. The molecule has 0 heterocycles. The molecule has 11 heteroatoms. The SMILES string of the molecule is NC(CCCNS(=O)(=O)NCC(F)(F)F)=NO. The van der Waals surface area contributed by atoms with E-state index in [9.17, 15) is 21.6 Å². The molecule has 0 amide bonds. The topological polar surface area (TPSA) is 117 Å². The summed E-state index contributed by atoms with van der Waals surface area (Å²) in [6, 6.07) is 0. The number of alkyl halides is 3. The van der Waals surface area contributed by atoms with Crippen LogP contribution in [0.3, 0.4) is 0 Å². The predicted octanol–water partition coefficient (Wildman–Crippen LogP) is -0.501. The number of oxime groups is 1. The van der Waals surface area contributed by atoms with Crippen molar-refractivity contribution in [2.45, 2.75) is 19.0 Å². The average molecular weight is 278 g/mol. The molecule has 0 aliphatic rings. The Morgan fingerprint density at radius 2 is 1.94 bits per heavy atom. The normalized spacial score (nSPS) is 13.9. The first-order chi connectivity index (χ1) is 7.66. The van der Waals surface area contributed by atoms with Gasteiger partial charge >= 0.3 is 6.18 Å². The van der Waals surface area contributed by atoms with E-state index in [2.05, 4.69) is 5.16 Å². The summed E-state index contributed by atoms with van der Waals surface area (Å²) < 4.78 is 60.3. The van der Waals surface area contributed by atoms with E-state index in [1.165, 1.54) is 4.72 Å². The van der Waals surface area contributed by atoms with Gasteiger partial charge in [-0.1, -0.05) is 5.16 Å². The van der Waals surface area contributed by atoms with Gasteiger partial charge in [0, 0.05) is 13.0 Å². The fraction of sp³-hybridized carbons (Fsp3) is 0.833. The lowest BCUT2D eigenvalue weighted by molar-refractivity contribution is -0.121. The number of halogens is 3. The third-order valence-electron chi connectivity index (χ3n) is 1.49. The van der Waals surface area contributed by atoms with E-state index in [4.69, 9.17) is 10.9 Å². The minimum atomic E-state index is -4.61. The minimum Gasteiger partial charge on any atom is -0.409 e. The number of rotatable bonds is 7. The van der Waals surface area contributed by atoms with Crippen molar-refractivity contribution in [2.75, 3.05) is 13.1 Å². The van der Waals surface area contributed by atoms with Crippen LogP contribution in [0, 0.1) is 0 Å². The summed E-state index contributed by atoms with van der Waals surface area (Å²) in [4.78, 5) is 0. The van der Waals surface area contributed by atoms with Crippen LogP contribution in [0.25, 0.3) is 0 Å². The maximum Gasteiger partial charge on any atom is 0.402 e. The number of hydrogen-bond donors (Lipinski definition) is 4. The van der Waals surface area contributed by atoms with E-state index in [1.807, 2.05) is 4.72 Å². The van der Waals surface area contributed by atoms with E-state index in [0.29, 0.717) is 0 Å². The molecule has 0 radical (unpaired) electrons. The maximum absolute atomic E-state index is 11.7. The van der Waals surface area contributed by atoms with Gasteiger partial charge in [-0.05, 0) is 6.42 Å². The van der Waals surface area contributed by atoms with Gasteiger partial charge in [-0.2, -0.15) is 26.3 Å². The molecule has 0 aromatic heterocycles. The van der Waals surface area contributed by atoms with Crippen LogP contribution in [-0.4, -0.2) is 38.7 Å². The highest BCUT2D eigenvalue weighted by Gasteiger charge is 2.29. The van der Waals surface area contributed by atoms with Gasteiger partial charge < -0.3 is 10.9 Å². The molecule has 0 spiro atoms. The van der Waals surface area contributed by atoms with Crippen LogP contribution in [0.5, 0.6) is 0 Å². The highest BCUT2D eigenvalue weighted by atomic mass is 32.2. The summed E-state index contributed by atoms with van der Waals surface area (Å²) >= 11 is 0. The van der Waals surface area contributed by atoms with Crippen LogP contribution in [0.1, 0.15) is 12.8 Å². The zero-order valence-electron chi connectivity index (χ0n) is 8.66. The summed E-state index contributed by atoms with van der Waals surface area (Å²) in [6.45, 7) is -1.76. The fourth-order valence-corrected chi connectivity index (χ4v) is 1.62. The number of hydrogen-bond acceptors (Lipinski definition) is 4. The summed E-state index contributed by atoms with van der Waals surface area (Å²) in [6.07, 6.45) is -4.29. The van der Waals surface area contributed by atoms with Crippen LogP contribution in [0.4, 0.5) is 13.2 Å². The molecule has 0 fully saturated rings. The number of nitrogens with two attached hydrogens (primary N) is 1.